The number of nitrogens with zero attached hydrogens (tertiary/aromatic N) is 6. The minimum atomic E-state index is -0.624. The van der Waals surface area contributed by atoms with Gasteiger partial charge in [-0.05, 0) is 24.5 Å². The van der Waals surface area contributed by atoms with Gasteiger partial charge in [-0.3, -0.25) is 0 Å². The number of hydrogen-bond acceptors (Lipinski definition) is 4. The summed E-state index contributed by atoms with van der Waals surface area (Å²) in [5.74, 6) is 2.28. The number of benzene rings is 6. The van der Waals surface area contributed by atoms with Crippen LogP contribution >= 0.6 is 0 Å². The van der Waals surface area contributed by atoms with E-state index in [1.165, 1.54) is 0 Å². The van der Waals surface area contributed by atoms with Crippen LogP contribution in [0, 0.1) is 16.6 Å². The molecule has 0 saturated heterocycles. The second-order valence-electron chi connectivity index (χ2n) is 17.2. The zero-order valence-corrected chi connectivity index (χ0v) is 37.9. The van der Waals surface area contributed by atoms with Crippen LogP contribution in [0.15, 0.2) is 170 Å². The Labute approximate surface area is 394 Å². The Morgan fingerprint density at radius 1 is 0.714 bits per heavy atom. The van der Waals surface area contributed by atoms with Crippen LogP contribution in [0.1, 0.15) is 59.5 Å². The fraction of sp³-hybridized carbons (Fsp3) is 0.167. The zero-order valence-electron chi connectivity index (χ0n) is 45.7. The second kappa shape index (κ2) is 16.3. The van der Waals surface area contributed by atoms with E-state index in [0.717, 1.165) is 34.6 Å². The third kappa shape index (κ3) is 7.50. The summed E-state index contributed by atoms with van der Waals surface area (Å²) in [6.07, 6.45) is 4.47. The second-order valence-corrected chi connectivity index (χ2v) is 18.2. The van der Waals surface area contributed by atoms with Crippen molar-refractivity contribution >= 4 is 29.5 Å². The molecule has 7 nitrogen and oxygen atoms in total. The fourth-order valence-electron chi connectivity index (χ4n) is 8.43. The molecule has 0 unspecified atom stereocenters. The molecule has 0 atom stereocenters. The minimum absolute atomic E-state index is 0.0988. The first-order valence-electron chi connectivity index (χ1n) is 25.9. The number of pyridine rings is 1. The van der Waals surface area contributed by atoms with E-state index in [1.807, 2.05) is 121 Å². The number of para-hydroxylation sites is 2. The normalized spacial score (nSPS) is 14.7. The van der Waals surface area contributed by atoms with Crippen molar-refractivity contribution in [2.75, 3.05) is 4.81 Å². The third-order valence-electron chi connectivity index (χ3n) is 11.3. The van der Waals surface area contributed by atoms with Gasteiger partial charge in [0.25, 0.3) is 0 Å². The molecule has 6 aromatic carbocycles. The fourth-order valence-corrected chi connectivity index (χ4v) is 9.53. The average molecular weight is 1010 g/mol. The molecule has 63 heavy (non-hydrogen) atoms. The molecule has 0 fully saturated rings. The monoisotopic (exact) mass is 1010 g/mol. The number of ether oxygens (including phenoxy) is 1. The molecule has 0 radical (unpaired) electrons. The maximum absolute atomic E-state index is 9.29. The van der Waals surface area contributed by atoms with Gasteiger partial charge in [-0.25, -0.2) is 0 Å². The van der Waals surface area contributed by atoms with Gasteiger partial charge in [0.1, 0.15) is 0 Å². The van der Waals surface area contributed by atoms with Crippen molar-refractivity contribution in [3.05, 3.63) is 185 Å². The first-order valence-corrected chi connectivity index (χ1v) is 22.0. The third-order valence-corrected chi connectivity index (χ3v) is 12.4. The Kier molecular flexibility index (Phi) is 7.91. The predicted octanol–water partition coefficient (Wildman–Crippen LogP) is 13.6. The van der Waals surface area contributed by atoms with Gasteiger partial charge in [-0.2, -0.15) is 5.10 Å². The topological polar surface area (TPSA) is 53.0 Å². The van der Waals surface area contributed by atoms with Gasteiger partial charge in [0.05, 0.1) is 0 Å². The van der Waals surface area contributed by atoms with Gasteiger partial charge in [0, 0.05) is 12.4 Å². The molecule has 0 aliphatic carbocycles. The first-order chi connectivity index (χ1) is 34.7. The van der Waals surface area contributed by atoms with Crippen molar-refractivity contribution in [2.24, 2.45) is 5.92 Å². The number of anilines is 2. The molecule has 3 aromatic heterocycles. The Morgan fingerprint density at radius 3 is 2.03 bits per heavy atom. The van der Waals surface area contributed by atoms with E-state index in [0.29, 0.717) is 43.5 Å². The summed E-state index contributed by atoms with van der Waals surface area (Å²) in [6, 6.07) is 25.9. The van der Waals surface area contributed by atoms with Gasteiger partial charge in [0.2, 0.25) is 0 Å². The Balaban J connectivity index is 1.19. The van der Waals surface area contributed by atoms with Crippen molar-refractivity contribution < 1.29 is 37.8 Å². The summed E-state index contributed by atoms with van der Waals surface area (Å²) in [5.41, 5.74) is 6.55. The SMILES string of the molecule is [2H]c1c([2H])c([2H])c(-c2cc(C(C)(C)C)cc(-c3c([2H])c([2H])c([2H])c([2H])c3[2H])c2-n2[c](=[Pt])n(-c3cccc(Oc4ccc5c(c4)N(c4cc(C)ccn4)B(CC(C)C)n4nccc4-5)c3)c3ccccc32)c([2H])c1[2H]. The molecule has 4 heterocycles. The number of aryl methyl sites for hydroxylation is 1. The quantitative estimate of drug-likeness (QED) is 0.135. The van der Waals surface area contributed by atoms with E-state index >= 15 is 0 Å². The molecule has 10 rings (SSSR count). The van der Waals surface area contributed by atoms with Crippen LogP contribution in [0.3, 0.4) is 0 Å². The molecule has 9 heteroatoms. The molecule has 0 bridgehead atoms. The summed E-state index contributed by atoms with van der Waals surface area (Å²) in [6.45, 7) is 12.2. The van der Waals surface area contributed by atoms with Gasteiger partial charge in [0.15, 0.2) is 0 Å². The number of rotatable bonds is 9. The van der Waals surface area contributed by atoms with E-state index in [4.69, 9.17) is 23.0 Å². The number of hydrogen-bond donors (Lipinski definition) is 0. The van der Waals surface area contributed by atoms with E-state index in [-0.39, 0.29) is 34.9 Å². The van der Waals surface area contributed by atoms with E-state index in [1.54, 1.807) is 12.1 Å². The van der Waals surface area contributed by atoms with Gasteiger partial charge < -0.3 is 0 Å². The van der Waals surface area contributed by atoms with Crippen LogP contribution in [0.25, 0.3) is 55.9 Å². The van der Waals surface area contributed by atoms with E-state index in [2.05, 4.69) is 55.6 Å². The maximum atomic E-state index is 9.29. The predicted molar refractivity (Wildman–Crippen MR) is 255 cm³/mol. The van der Waals surface area contributed by atoms with Crippen molar-refractivity contribution in [1.29, 1.82) is 0 Å². The van der Waals surface area contributed by atoms with Crippen molar-refractivity contribution in [2.45, 2.75) is 53.3 Å². The summed E-state index contributed by atoms with van der Waals surface area (Å²) in [7, 11) is 0. The van der Waals surface area contributed by atoms with Gasteiger partial charge in [-0.1, -0.05) is 13.8 Å². The van der Waals surface area contributed by atoms with E-state index in [9.17, 15) is 5.48 Å². The molecule has 0 N–H and O–H groups in total. The zero-order chi connectivity index (χ0) is 52.1. The van der Waals surface area contributed by atoms with Crippen LogP contribution in [-0.2, 0) is 24.8 Å². The van der Waals surface area contributed by atoms with Crippen molar-refractivity contribution in [3.8, 4) is 56.4 Å². The molecule has 0 spiro atoms. The molecule has 9 aromatic rings. The summed E-state index contributed by atoms with van der Waals surface area (Å²) in [5, 5.41) is 4.79. The molecular weight excluding hydrogens is 955 g/mol. The Hall–Kier alpha value is -6.50. The van der Waals surface area contributed by atoms with Crippen LogP contribution in [0.4, 0.5) is 11.5 Å². The Morgan fingerprint density at radius 2 is 1.38 bits per heavy atom. The number of fused-ring (bicyclic) bond motifs is 4. The molecule has 0 amide bonds. The summed E-state index contributed by atoms with van der Waals surface area (Å²) < 4.78 is 103. The number of imidazole rings is 1. The van der Waals surface area contributed by atoms with Gasteiger partial charge >= 0.3 is 341 Å². The molecule has 0 saturated carbocycles. The average Bonchev–Trinajstić information content (AvgIpc) is 3.96. The van der Waals surface area contributed by atoms with Crippen LogP contribution in [0.5, 0.6) is 11.5 Å². The molecule has 1 aliphatic rings. The van der Waals surface area contributed by atoms with Crippen molar-refractivity contribution in [1.82, 2.24) is 23.8 Å². The van der Waals surface area contributed by atoms with Crippen LogP contribution in [0.2, 0.25) is 6.32 Å². The standard InChI is InChI=1S/C54H49BN6O.Pt/c1-37(2)35-55-60(52-30-38(3)26-28-56-52)51-34-44(24-25-45(51)48-27-29-57-61(48)55)62-43-21-15-20-42(33-43)58-36-59(50-23-14-13-22-49(50)58)53-46(39-16-9-7-10-17-39)31-41(54(4,5)6)32-47(53)40-18-11-8-12-19-40;/h7-34,37H,35H2,1-6H3;/i7D,8D,9D,10D,11D,12D,16D,17D,18D,19D;. The van der Waals surface area contributed by atoms with Crippen molar-refractivity contribution in [3.63, 3.8) is 0 Å². The molecule has 1 aliphatic heterocycles. The Bertz CT molecular complexity index is 3660. The van der Waals surface area contributed by atoms with Crippen LogP contribution < -0.4 is 9.55 Å². The van der Waals surface area contributed by atoms with E-state index < -0.39 is 65.8 Å². The van der Waals surface area contributed by atoms with Crippen LogP contribution in [-0.4, -0.2) is 30.8 Å². The summed E-state index contributed by atoms with van der Waals surface area (Å²) >= 11 is 2.19. The molecule has 314 valence electrons. The molecular formula is C54H49BN6OPt. The first kappa shape index (κ1) is 30.5. The van der Waals surface area contributed by atoms with Gasteiger partial charge in [-0.15, -0.1) is 0 Å². The number of aromatic nitrogens is 5. The summed E-state index contributed by atoms with van der Waals surface area (Å²) in [4.78, 5) is 7.09.